The number of carbonyl (C=O) groups excluding carboxylic acids is 3. The molecule has 1 unspecified atom stereocenters. The van der Waals surface area contributed by atoms with Gasteiger partial charge in [-0.15, -0.1) is 0 Å². The summed E-state index contributed by atoms with van der Waals surface area (Å²) in [4.78, 5) is 36.8. The Morgan fingerprint density at radius 3 is 2.18 bits per heavy atom. The second-order valence-corrected chi connectivity index (χ2v) is 18.7. The lowest BCUT2D eigenvalue weighted by molar-refractivity contribution is -0.250. The van der Waals surface area contributed by atoms with E-state index in [2.05, 4.69) is 48.1 Å². The molecule has 0 saturated heterocycles. The number of aldehydes is 1. The number of allylic oxidation sites excluding steroid dienone is 1. The van der Waals surface area contributed by atoms with E-state index < -0.39 is 5.41 Å². The Morgan fingerprint density at radius 1 is 0.844 bits per heavy atom. The van der Waals surface area contributed by atoms with Crippen molar-refractivity contribution in [2.24, 2.45) is 62.1 Å². The Labute approximate surface area is 274 Å². The van der Waals surface area contributed by atoms with Crippen molar-refractivity contribution in [2.45, 2.75) is 151 Å². The van der Waals surface area contributed by atoms with Crippen LogP contribution in [0.1, 0.15) is 145 Å². The fourth-order valence-corrected chi connectivity index (χ4v) is 13.4. The molecule has 0 amide bonds. The number of ether oxygens (including phenoxy) is 2. The van der Waals surface area contributed by atoms with Crippen molar-refractivity contribution in [2.75, 3.05) is 7.11 Å². The standard InChI is InChI=1S/C40H64O5/c1-26(2)27-14-20-40(17-11-23-41)22-21-38(8)28(34(27)40)12-13-30-37(7)18-16-31(36(5,6)29(37)15-19-39(30,38)9)45-33(43)25-35(3,4)24-32(42)44-10/h23,27-31,34H,1,11-22,24-25H2,2-10H3/t27-,28+,29-,30?,31-,34+,37-,38+,39+,40+/m0/s1. The maximum atomic E-state index is 13.3. The van der Waals surface area contributed by atoms with Crippen LogP contribution in [0.25, 0.3) is 0 Å². The van der Waals surface area contributed by atoms with Crippen molar-refractivity contribution in [3.63, 3.8) is 0 Å². The first kappa shape index (κ1) is 34.7. The van der Waals surface area contributed by atoms with Gasteiger partial charge in [0.1, 0.15) is 12.4 Å². The predicted molar refractivity (Wildman–Crippen MR) is 179 cm³/mol. The molecule has 0 aromatic rings. The number of carbonyl (C=O) groups is 3. The predicted octanol–water partition coefficient (Wildman–Crippen LogP) is 9.51. The van der Waals surface area contributed by atoms with Crippen LogP contribution in [0.4, 0.5) is 0 Å². The van der Waals surface area contributed by atoms with Crippen LogP contribution in [0.5, 0.6) is 0 Å². The molecule has 45 heavy (non-hydrogen) atoms. The number of hydrogen-bond donors (Lipinski definition) is 0. The summed E-state index contributed by atoms with van der Waals surface area (Å²) >= 11 is 0. The summed E-state index contributed by atoms with van der Waals surface area (Å²) < 4.78 is 11.2. The van der Waals surface area contributed by atoms with Crippen molar-refractivity contribution in [3.05, 3.63) is 12.2 Å². The molecule has 5 saturated carbocycles. The fourth-order valence-electron chi connectivity index (χ4n) is 13.4. The monoisotopic (exact) mass is 624 g/mol. The van der Waals surface area contributed by atoms with Crippen LogP contribution in [-0.4, -0.2) is 31.4 Å². The third-order valence-corrected chi connectivity index (χ3v) is 15.7. The zero-order valence-corrected chi connectivity index (χ0v) is 30.2. The van der Waals surface area contributed by atoms with E-state index in [0.717, 1.165) is 25.5 Å². The van der Waals surface area contributed by atoms with E-state index in [-0.39, 0.29) is 52.5 Å². The van der Waals surface area contributed by atoms with Gasteiger partial charge in [-0.3, -0.25) is 9.59 Å². The molecule has 5 nitrogen and oxygen atoms in total. The molecule has 5 fully saturated rings. The normalized spacial score (nSPS) is 43.6. The van der Waals surface area contributed by atoms with E-state index in [4.69, 9.17) is 9.47 Å². The molecule has 0 bridgehead atoms. The van der Waals surface area contributed by atoms with Gasteiger partial charge < -0.3 is 14.3 Å². The zero-order valence-electron chi connectivity index (χ0n) is 30.2. The minimum atomic E-state index is -0.495. The summed E-state index contributed by atoms with van der Waals surface area (Å²) in [6, 6.07) is 0. The number of fused-ring (bicyclic) bond motifs is 7. The zero-order chi connectivity index (χ0) is 33.2. The molecule has 5 heteroatoms. The van der Waals surface area contributed by atoms with Crippen molar-refractivity contribution < 1.29 is 23.9 Å². The van der Waals surface area contributed by atoms with Gasteiger partial charge in [0.2, 0.25) is 0 Å². The molecule has 0 heterocycles. The summed E-state index contributed by atoms with van der Waals surface area (Å²) in [6.07, 6.45) is 15.3. The Bertz CT molecular complexity index is 1190. The largest absolute Gasteiger partial charge is 0.469 e. The lowest BCUT2D eigenvalue weighted by Gasteiger charge is -2.73. The average molecular weight is 625 g/mol. The lowest BCUT2D eigenvalue weighted by Crippen LogP contribution is -2.66. The van der Waals surface area contributed by atoms with Gasteiger partial charge in [-0.1, -0.05) is 60.6 Å². The van der Waals surface area contributed by atoms with E-state index in [0.29, 0.717) is 41.4 Å². The van der Waals surface area contributed by atoms with Gasteiger partial charge in [-0.2, -0.15) is 0 Å². The molecule has 5 aliphatic carbocycles. The average Bonchev–Trinajstić information content (AvgIpc) is 3.33. The molecule has 0 aromatic heterocycles. The van der Waals surface area contributed by atoms with Crippen LogP contribution in [-0.2, 0) is 23.9 Å². The Kier molecular flexibility index (Phi) is 9.09. The summed E-state index contributed by atoms with van der Waals surface area (Å²) in [6.45, 7) is 23.3. The molecular weight excluding hydrogens is 560 g/mol. The maximum absolute atomic E-state index is 13.3. The first-order valence-corrected chi connectivity index (χ1v) is 18.3. The minimum absolute atomic E-state index is 0.101. The van der Waals surface area contributed by atoms with E-state index >= 15 is 0 Å². The third kappa shape index (κ3) is 5.46. The Hall–Kier alpha value is -1.65. The second kappa shape index (κ2) is 11.8. The number of rotatable bonds is 9. The molecule has 0 aromatic carbocycles. The SMILES string of the molecule is C=C(C)[C@@H]1CC[C@]2(CCC=O)CC[C@]3(C)[C@H](CCC4[C@@]5(C)CC[C@H](OC(=O)CC(C)(C)CC(=O)OC)C(C)(C)[C@@H]5CC[C@]43C)[C@@H]12. The summed E-state index contributed by atoms with van der Waals surface area (Å²) in [5.74, 6) is 2.63. The molecule has 10 atom stereocenters. The molecule has 5 aliphatic rings. The molecular formula is C40H64O5. The number of methoxy groups -OCH3 is 1. The van der Waals surface area contributed by atoms with Crippen molar-refractivity contribution in [1.29, 1.82) is 0 Å². The van der Waals surface area contributed by atoms with Crippen LogP contribution in [0, 0.1) is 62.1 Å². The summed E-state index contributed by atoms with van der Waals surface area (Å²) in [7, 11) is 1.39. The van der Waals surface area contributed by atoms with Gasteiger partial charge in [0.15, 0.2) is 0 Å². The molecule has 0 N–H and O–H groups in total. The first-order chi connectivity index (χ1) is 20.9. The van der Waals surface area contributed by atoms with Gasteiger partial charge in [-0.05, 0) is 134 Å². The molecule has 0 radical (unpaired) electrons. The van der Waals surface area contributed by atoms with E-state index in [1.807, 2.05) is 13.8 Å². The lowest BCUT2D eigenvalue weighted by atomic mass is 9.32. The van der Waals surface area contributed by atoms with Crippen molar-refractivity contribution >= 4 is 18.2 Å². The third-order valence-electron chi connectivity index (χ3n) is 15.7. The molecule has 0 aliphatic heterocycles. The summed E-state index contributed by atoms with van der Waals surface area (Å²) in [5.41, 5.74) is 1.85. The van der Waals surface area contributed by atoms with Gasteiger partial charge in [0.05, 0.1) is 20.0 Å². The van der Waals surface area contributed by atoms with Crippen LogP contribution in [0.15, 0.2) is 12.2 Å². The van der Waals surface area contributed by atoms with Crippen LogP contribution in [0.2, 0.25) is 0 Å². The van der Waals surface area contributed by atoms with E-state index in [1.54, 1.807) is 0 Å². The highest BCUT2D eigenvalue weighted by atomic mass is 16.5. The first-order valence-electron chi connectivity index (χ1n) is 18.3. The van der Waals surface area contributed by atoms with Gasteiger partial charge in [0, 0.05) is 11.8 Å². The molecule has 0 spiro atoms. The molecule has 5 rings (SSSR count). The fraction of sp³-hybridized carbons (Fsp3) is 0.875. The highest BCUT2D eigenvalue weighted by molar-refractivity contribution is 5.74. The van der Waals surface area contributed by atoms with Gasteiger partial charge in [-0.25, -0.2) is 0 Å². The smallest absolute Gasteiger partial charge is 0.306 e. The minimum Gasteiger partial charge on any atom is -0.469 e. The number of hydrogen-bond acceptors (Lipinski definition) is 5. The maximum Gasteiger partial charge on any atom is 0.306 e. The van der Waals surface area contributed by atoms with Crippen LogP contribution < -0.4 is 0 Å². The topological polar surface area (TPSA) is 69.7 Å². The Balaban J connectivity index is 1.37. The van der Waals surface area contributed by atoms with Crippen LogP contribution in [0.3, 0.4) is 0 Å². The summed E-state index contributed by atoms with van der Waals surface area (Å²) in [5, 5.41) is 0. The van der Waals surface area contributed by atoms with Gasteiger partial charge >= 0.3 is 11.9 Å². The Morgan fingerprint density at radius 2 is 1.53 bits per heavy atom. The second-order valence-electron chi connectivity index (χ2n) is 18.7. The quantitative estimate of drug-likeness (QED) is 0.145. The highest BCUT2D eigenvalue weighted by Gasteiger charge is 2.71. The van der Waals surface area contributed by atoms with Crippen molar-refractivity contribution in [1.82, 2.24) is 0 Å². The number of esters is 2. The highest BCUT2D eigenvalue weighted by Crippen LogP contribution is 2.78. The van der Waals surface area contributed by atoms with E-state index in [9.17, 15) is 14.4 Å². The van der Waals surface area contributed by atoms with E-state index in [1.165, 1.54) is 64.0 Å². The molecule has 254 valence electrons. The van der Waals surface area contributed by atoms with Crippen LogP contribution >= 0.6 is 0 Å². The van der Waals surface area contributed by atoms with Crippen molar-refractivity contribution in [3.8, 4) is 0 Å². The van der Waals surface area contributed by atoms with Gasteiger partial charge in [0.25, 0.3) is 0 Å².